The first-order valence-electron chi connectivity index (χ1n) is 7.30. The molecular weight excluding hydrogens is 266 g/mol. The van der Waals surface area contributed by atoms with Crippen LogP contribution < -0.4 is 0 Å². The van der Waals surface area contributed by atoms with Crippen molar-refractivity contribution in [3.8, 4) is 0 Å². The van der Waals surface area contributed by atoms with Crippen LogP contribution in [0.25, 0.3) is 0 Å². The second-order valence-corrected chi connectivity index (χ2v) is 6.79. The molecule has 1 unspecified atom stereocenters. The third-order valence-corrected chi connectivity index (χ3v) is 3.44. The summed E-state index contributed by atoms with van der Waals surface area (Å²) in [5.74, 6) is 0.793. The number of hydrogen-bond donors (Lipinski definition) is 1. The Bertz CT molecular complexity index is 606. The Balaban J connectivity index is 2.29. The number of aromatic nitrogens is 5. The molecule has 0 amide bonds. The van der Waals surface area contributed by atoms with Crippen LogP contribution in [-0.2, 0) is 18.9 Å². The first kappa shape index (κ1) is 15.7. The smallest absolute Gasteiger partial charge is 0.138 e. The molecule has 1 N–H and O–H groups in total. The zero-order valence-electron chi connectivity index (χ0n) is 13.7. The van der Waals surface area contributed by atoms with Crippen molar-refractivity contribution in [1.29, 1.82) is 0 Å². The number of hydrogen-bond acceptors (Lipinski definition) is 4. The Hall–Kier alpha value is -1.69. The number of aryl methyl sites for hydroxylation is 1. The van der Waals surface area contributed by atoms with Crippen LogP contribution in [0.4, 0.5) is 0 Å². The summed E-state index contributed by atoms with van der Waals surface area (Å²) in [5, 5.41) is 19.3. The molecule has 0 aliphatic rings. The molecule has 0 radical (unpaired) electrons. The largest absolute Gasteiger partial charge is 0.388 e. The van der Waals surface area contributed by atoms with Gasteiger partial charge in [-0.1, -0.05) is 20.8 Å². The minimum absolute atomic E-state index is 0.108. The summed E-state index contributed by atoms with van der Waals surface area (Å²) in [4.78, 5) is 4.27. The first-order chi connectivity index (χ1) is 9.70. The summed E-state index contributed by atoms with van der Waals surface area (Å²) in [6.45, 7) is 10.4. The van der Waals surface area contributed by atoms with Crippen LogP contribution in [0.15, 0.2) is 12.5 Å². The van der Waals surface area contributed by atoms with Gasteiger partial charge in [-0.3, -0.25) is 4.68 Å². The van der Waals surface area contributed by atoms with Crippen LogP contribution in [0, 0.1) is 0 Å². The van der Waals surface area contributed by atoms with E-state index >= 15 is 0 Å². The lowest BCUT2D eigenvalue weighted by Gasteiger charge is -2.20. The second-order valence-electron chi connectivity index (χ2n) is 6.79. The van der Waals surface area contributed by atoms with Gasteiger partial charge >= 0.3 is 0 Å². The minimum atomic E-state index is -0.630. The molecule has 0 saturated carbocycles. The summed E-state index contributed by atoms with van der Waals surface area (Å²) in [5.41, 5.74) is 1.68. The van der Waals surface area contributed by atoms with Crippen LogP contribution in [-0.4, -0.2) is 29.7 Å². The SMILES string of the molecule is CC(C)n1ncnc1CC(O)c1cn(C)nc1C(C)(C)C. The fourth-order valence-electron chi connectivity index (χ4n) is 2.47. The molecule has 0 bridgehead atoms. The Kier molecular flexibility index (Phi) is 4.18. The van der Waals surface area contributed by atoms with Crippen molar-refractivity contribution in [2.45, 2.75) is 58.6 Å². The van der Waals surface area contributed by atoms with Gasteiger partial charge in [-0.2, -0.15) is 10.2 Å². The maximum atomic E-state index is 10.6. The highest BCUT2D eigenvalue weighted by molar-refractivity contribution is 5.27. The molecule has 2 rings (SSSR count). The highest BCUT2D eigenvalue weighted by Gasteiger charge is 2.26. The van der Waals surface area contributed by atoms with Crippen molar-refractivity contribution in [3.05, 3.63) is 29.6 Å². The first-order valence-corrected chi connectivity index (χ1v) is 7.30. The maximum absolute atomic E-state index is 10.6. The van der Waals surface area contributed by atoms with E-state index < -0.39 is 6.10 Å². The van der Waals surface area contributed by atoms with E-state index in [1.807, 2.05) is 17.9 Å². The Morgan fingerprint density at radius 1 is 1.29 bits per heavy atom. The van der Waals surface area contributed by atoms with Crippen LogP contribution in [0.3, 0.4) is 0 Å². The predicted octanol–water partition coefficient (Wildman–Crippen LogP) is 2.17. The molecule has 6 nitrogen and oxygen atoms in total. The standard InChI is InChI=1S/C15H25N5O/c1-10(2)20-13(16-9-17-20)7-12(21)11-8-19(6)18-14(11)15(3,4)5/h8-10,12,21H,7H2,1-6H3. The summed E-state index contributed by atoms with van der Waals surface area (Å²) in [6.07, 6.45) is 3.24. The molecule has 1 atom stereocenters. The lowest BCUT2D eigenvalue weighted by atomic mass is 9.87. The van der Waals surface area contributed by atoms with Crippen LogP contribution >= 0.6 is 0 Å². The molecule has 21 heavy (non-hydrogen) atoms. The number of nitrogens with zero attached hydrogens (tertiary/aromatic N) is 5. The van der Waals surface area contributed by atoms with Crippen molar-refractivity contribution in [2.24, 2.45) is 7.05 Å². The topological polar surface area (TPSA) is 68.8 Å². The van der Waals surface area contributed by atoms with Gasteiger partial charge in [0.1, 0.15) is 12.2 Å². The maximum Gasteiger partial charge on any atom is 0.138 e. The Morgan fingerprint density at radius 2 is 1.95 bits per heavy atom. The molecule has 2 heterocycles. The summed E-state index contributed by atoms with van der Waals surface area (Å²) >= 11 is 0. The Labute approximate surface area is 125 Å². The van der Waals surface area contributed by atoms with E-state index in [4.69, 9.17) is 0 Å². The fourth-order valence-corrected chi connectivity index (χ4v) is 2.47. The van der Waals surface area contributed by atoms with Gasteiger partial charge in [0.15, 0.2) is 0 Å². The molecule has 6 heteroatoms. The van der Waals surface area contributed by atoms with E-state index in [9.17, 15) is 5.11 Å². The van der Waals surface area contributed by atoms with Gasteiger partial charge in [-0.15, -0.1) is 0 Å². The van der Waals surface area contributed by atoms with E-state index in [2.05, 4.69) is 49.8 Å². The quantitative estimate of drug-likeness (QED) is 0.937. The number of aliphatic hydroxyl groups excluding tert-OH is 1. The van der Waals surface area contributed by atoms with Gasteiger partial charge in [0.25, 0.3) is 0 Å². The molecule has 0 fully saturated rings. The van der Waals surface area contributed by atoms with E-state index in [-0.39, 0.29) is 11.5 Å². The van der Waals surface area contributed by atoms with Crippen molar-refractivity contribution in [1.82, 2.24) is 24.5 Å². The number of rotatable bonds is 4. The third kappa shape index (κ3) is 3.32. The molecule has 2 aromatic rings. The van der Waals surface area contributed by atoms with Gasteiger partial charge in [0, 0.05) is 36.7 Å². The van der Waals surface area contributed by atoms with Gasteiger partial charge in [0.2, 0.25) is 0 Å². The Morgan fingerprint density at radius 3 is 2.52 bits per heavy atom. The van der Waals surface area contributed by atoms with Gasteiger partial charge < -0.3 is 5.11 Å². The van der Waals surface area contributed by atoms with Gasteiger partial charge in [-0.05, 0) is 13.8 Å². The van der Waals surface area contributed by atoms with Crippen molar-refractivity contribution in [2.75, 3.05) is 0 Å². The zero-order chi connectivity index (χ0) is 15.8. The highest BCUT2D eigenvalue weighted by Crippen LogP contribution is 2.29. The lowest BCUT2D eigenvalue weighted by Crippen LogP contribution is -2.18. The highest BCUT2D eigenvalue weighted by atomic mass is 16.3. The van der Waals surface area contributed by atoms with Crippen LogP contribution in [0.5, 0.6) is 0 Å². The third-order valence-electron chi connectivity index (χ3n) is 3.44. The molecule has 116 valence electrons. The molecule has 0 aliphatic carbocycles. The molecule has 0 aromatic carbocycles. The summed E-state index contributed by atoms with van der Waals surface area (Å²) < 4.78 is 3.60. The minimum Gasteiger partial charge on any atom is -0.388 e. The summed E-state index contributed by atoms with van der Waals surface area (Å²) in [7, 11) is 1.88. The molecular formula is C15H25N5O. The van der Waals surface area contributed by atoms with Crippen molar-refractivity contribution in [3.63, 3.8) is 0 Å². The summed E-state index contributed by atoms with van der Waals surface area (Å²) in [6, 6.07) is 0.227. The van der Waals surface area contributed by atoms with E-state index in [0.29, 0.717) is 6.42 Å². The zero-order valence-corrected chi connectivity index (χ0v) is 13.7. The molecule has 0 saturated heterocycles. The average Bonchev–Trinajstić information content (AvgIpc) is 2.94. The average molecular weight is 291 g/mol. The monoisotopic (exact) mass is 291 g/mol. The lowest BCUT2D eigenvalue weighted by molar-refractivity contribution is 0.171. The molecule has 0 aliphatic heterocycles. The van der Waals surface area contributed by atoms with Crippen LogP contribution in [0.2, 0.25) is 0 Å². The van der Waals surface area contributed by atoms with E-state index in [1.165, 1.54) is 6.33 Å². The molecule has 2 aromatic heterocycles. The predicted molar refractivity (Wildman–Crippen MR) is 81.0 cm³/mol. The van der Waals surface area contributed by atoms with E-state index in [0.717, 1.165) is 17.1 Å². The van der Waals surface area contributed by atoms with Gasteiger partial charge in [0.05, 0.1) is 11.8 Å². The number of aliphatic hydroxyl groups is 1. The second kappa shape index (κ2) is 5.60. The fraction of sp³-hybridized carbons (Fsp3) is 0.667. The molecule has 0 spiro atoms. The van der Waals surface area contributed by atoms with Crippen molar-refractivity contribution >= 4 is 0 Å². The normalized spacial score (nSPS) is 13.9. The van der Waals surface area contributed by atoms with E-state index in [1.54, 1.807) is 4.68 Å². The van der Waals surface area contributed by atoms with Gasteiger partial charge in [-0.25, -0.2) is 9.67 Å². The van der Waals surface area contributed by atoms with Crippen LogP contribution in [0.1, 0.15) is 63.8 Å². The van der Waals surface area contributed by atoms with Crippen molar-refractivity contribution < 1.29 is 5.11 Å².